The van der Waals surface area contributed by atoms with Gasteiger partial charge in [0.1, 0.15) is 29.6 Å². The van der Waals surface area contributed by atoms with Crippen molar-refractivity contribution in [3.05, 3.63) is 160 Å². The molecule has 40 heteroatoms. The summed E-state index contributed by atoms with van der Waals surface area (Å²) in [7, 11) is 6.75. The number of nitrogen functional groups attached to an aromatic ring is 1. The molecule has 29 nitrogen and oxygen atoms in total. The maximum Gasteiger partial charge on any atom is 0.411 e. The Labute approximate surface area is 621 Å². The van der Waals surface area contributed by atoms with Crippen LogP contribution >= 0.6 is 120 Å². The van der Waals surface area contributed by atoms with Crippen LogP contribution in [0.25, 0.3) is 49.7 Å². The van der Waals surface area contributed by atoms with Gasteiger partial charge >= 0.3 is 22.4 Å². The van der Waals surface area contributed by atoms with Crippen LogP contribution in [0.3, 0.4) is 0 Å². The van der Waals surface area contributed by atoms with Crippen molar-refractivity contribution in [2.24, 2.45) is 5.84 Å². The highest BCUT2D eigenvalue weighted by atomic mass is 36.0. The molecule has 11 aromatic rings. The fourth-order valence-corrected chi connectivity index (χ4v) is 9.60. The normalized spacial score (nSPS) is 12.5. The number of carbonyl (C=O) groups is 3. The number of hydrogen-bond donors (Lipinski definition) is 6. The summed E-state index contributed by atoms with van der Waals surface area (Å²) in [6.07, 6.45) is -0.635. The number of nitriles is 2. The third-order valence-corrected chi connectivity index (χ3v) is 14.7. The highest BCUT2D eigenvalue weighted by molar-refractivity contribution is 8.24. The Hall–Kier alpha value is -7.91. The van der Waals surface area contributed by atoms with Crippen molar-refractivity contribution in [2.75, 3.05) is 96.6 Å². The number of likely N-dealkylation sites (N-methyl/N-ethyl adjacent to an activating group) is 2. The number of hydrogen-bond acceptors (Lipinski definition) is 23. The van der Waals surface area contributed by atoms with E-state index in [1.807, 2.05) is 66.3 Å². The van der Waals surface area contributed by atoms with E-state index in [0.29, 0.717) is 76.1 Å². The number of methoxy groups -OCH3 is 2. The molecule has 2 aliphatic heterocycles. The molecule has 5 aromatic carbocycles. The molecule has 0 aliphatic carbocycles. The smallest absolute Gasteiger partial charge is 0.411 e. The van der Waals surface area contributed by atoms with E-state index >= 15 is 0 Å². The molecule has 2 aliphatic rings. The maximum atomic E-state index is 11.7. The number of anilines is 3. The Balaban J connectivity index is 0.000000212. The number of nitrogens with zero attached hydrogens (tertiary/aromatic N) is 16. The van der Waals surface area contributed by atoms with Gasteiger partial charge in [-0.1, -0.05) is 58.0 Å². The molecule has 530 valence electrons. The number of hydrazine groups is 1. The zero-order chi connectivity index (χ0) is 74.1. The molecule has 0 atom stereocenters. The Kier molecular flexibility index (Phi) is 33.0. The number of benzene rings is 5. The minimum atomic E-state index is -3.22. The number of nitrogens with two attached hydrogens (primary N) is 2. The minimum Gasteiger partial charge on any atom is -0.457 e. The van der Waals surface area contributed by atoms with Gasteiger partial charge in [0.2, 0.25) is 17.1 Å². The van der Waals surface area contributed by atoms with E-state index in [4.69, 9.17) is 90.8 Å². The molecule has 2 fully saturated rings. The fraction of sp³-hybridized carbons (Fsp3) is 0.267. The molecule has 0 saturated carbocycles. The Morgan fingerprint density at radius 3 is 1.49 bits per heavy atom. The molecule has 0 bridgehead atoms. The first kappa shape index (κ1) is 82.8. The highest BCUT2D eigenvalue weighted by Gasteiger charge is 2.22. The number of nitrogens with one attached hydrogen (secondary N) is 4. The van der Waals surface area contributed by atoms with Crippen molar-refractivity contribution in [1.29, 1.82) is 10.5 Å². The van der Waals surface area contributed by atoms with Crippen LogP contribution in [-0.4, -0.2) is 167 Å². The number of aromatic amines is 1. The first-order valence-corrected chi connectivity index (χ1v) is 35.9. The van der Waals surface area contributed by atoms with Crippen LogP contribution in [-0.2, 0) is 18.8 Å². The van der Waals surface area contributed by atoms with Gasteiger partial charge < -0.3 is 40.2 Å². The number of ether oxygens (including phenoxy) is 2. The minimum absolute atomic E-state index is 0.218. The molecule has 2 amide bonds. The van der Waals surface area contributed by atoms with Crippen LogP contribution in [0.2, 0.25) is 30.4 Å². The van der Waals surface area contributed by atoms with Gasteiger partial charge in [0.05, 0.1) is 53.3 Å². The molecule has 100 heavy (non-hydrogen) atoms. The molecule has 0 unspecified atom stereocenters. The molecule has 2 saturated heterocycles. The fourth-order valence-electron chi connectivity index (χ4n) is 8.54. The molecule has 8 heterocycles. The zero-order valence-corrected chi connectivity index (χ0v) is 62.7. The predicted molar refractivity (Wildman–Crippen MR) is 396 cm³/mol. The zero-order valence-electron chi connectivity index (χ0n) is 54.2. The van der Waals surface area contributed by atoms with Crippen molar-refractivity contribution < 1.29 is 28.4 Å². The Morgan fingerprint density at radius 1 is 0.600 bits per heavy atom. The number of amides is 2. The largest absolute Gasteiger partial charge is 0.457 e. The van der Waals surface area contributed by atoms with Crippen LogP contribution in [0, 0.1) is 43.4 Å². The van der Waals surface area contributed by atoms with Gasteiger partial charge in [0.15, 0.2) is 16.9 Å². The van der Waals surface area contributed by atoms with Gasteiger partial charge in [0, 0.05) is 112 Å². The molecule has 8 N–H and O–H groups in total. The van der Waals surface area contributed by atoms with Crippen LogP contribution in [0.4, 0.5) is 26.9 Å². The van der Waals surface area contributed by atoms with Crippen LogP contribution in [0.15, 0.2) is 95.8 Å². The van der Waals surface area contributed by atoms with E-state index in [-0.39, 0.29) is 16.9 Å². The summed E-state index contributed by atoms with van der Waals surface area (Å²) < 4.78 is 22.4. The molecule has 0 spiro atoms. The number of piperazine rings is 2. The van der Waals surface area contributed by atoms with Gasteiger partial charge in [-0.05, 0) is 171 Å². The van der Waals surface area contributed by atoms with E-state index in [2.05, 4.69) is 140 Å². The van der Waals surface area contributed by atoms with Crippen LogP contribution in [0.5, 0.6) is 0 Å². The Bertz CT molecular complexity index is 4840. The number of fused-ring (bicyclic) bond motifs is 9. The number of H-pyrrole nitrogens is 1. The highest BCUT2D eigenvalue weighted by Crippen LogP contribution is 2.61. The van der Waals surface area contributed by atoms with Gasteiger partial charge in [-0.3, -0.25) is 20.1 Å². The van der Waals surface area contributed by atoms with Gasteiger partial charge in [-0.25, -0.2) is 45.1 Å². The first-order valence-electron chi connectivity index (χ1n) is 28.8. The SMILES string of the molecule is CC(=O)NN.CN1CCNCC1.COC(=O)Cl.COC(=O)Nc1cc(Cl)ccc1C#N.Cc1nc2c3ccc(Cl)cc3[nH]c(=O)n2n1.Cc1nc2c3ccc(Cl)cc3nc(Cl)n2n1.Cc1nc2c3ccc(Cl)cc3nc(N3CCN(C)CC3)n2n1.N#Cc1ccc(Cl)cc1N.O=P(Cl)(Cl)Cl. The average Bonchev–Trinajstić information content (AvgIpc) is 1.56. The molecule has 13 rings (SSSR count). The number of halogens is 10. The third-order valence-electron chi connectivity index (χ3n) is 13.1. The number of carbonyl (C=O) groups excluding carboxylic acids is 3. The number of aryl methyl sites for hydroxylation is 3. The van der Waals surface area contributed by atoms with E-state index in [9.17, 15) is 23.7 Å². The molecular formula is C60H63Cl10N22O7P. The Morgan fingerprint density at radius 2 is 1.02 bits per heavy atom. The van der Waals surface area contributed by atoms with E-state index in [1.165, 1.54) is 55.4 Å². The monoisotopic (exact) mass is 1580 g/mol. The number of rotatable bonds is 2. The summed E-state index contributed by atoms with van der Waals surface area (Å²) >= 11 is 53.6. The summed E-state index contributed by atoms with van der Waals surface area (Å²) in [6.45, 7) is 15.5. The lowest BCUT2D eigenvalue weighted by Crippen LogP contribution is -2.45. The first-order chi connectivity index (χ1) is 47.2. The summed E-state index contributed by atoms with van der Waals surface area (Å²) in [4.78, 5) is 73.2. The second-order valence-electron chi connectivity index (χ2n) is 20.6. The van der Waals surface area contributed by atoms with Crippen LogP contribution < -0.4 is 38.2 Å². The maximum absolute atomic E-state index is 11.7. The van der Waals surface area contributed by atoms with Crippen LogP contribution in [0.1, 0.15) is 35.5 Å². The molecule has 6 aromatic heterocycles. The summed E-state index contributed by atoms with van der Waals surface area (Å²) in [5.74, 6) is 7.17. The summed E-state index contributed by atoms with van der Waals surface area (Å²) in [5.41, 5.74) is 12.1. The van der Waals surface area contributed by atoms with Gasteiger partial charge in [0.25, 0.3) is 0 Å². The van der Waals surface area contributed by atoms with Gasteiger partial charge in [-0.15, -0.1) is 15.3 Å². The second kappa shape index (κ2) is 39.9. The van der Waals surface area contributed by atoms with Crippen molar-refractivity contribution in [3.8, 4) is 12.1 Å². The van der Waals surface area contributed by atoms with Crippen molar-refractivity contribution in [1.82, 2.24) is 79.3 Å². The lowest BCUT2D eigenvalue weighted by Gasteiger charge is -2.33. The third kappa shape index (κ3) is 26.2. The predicted octanol–water partition coefficient (Wildman–Crippen LogP) is 12.9. The standard InChI is InChI=1S/C15H17ClN6.C10H6Cl2N4.C10H7ClN4O.C9H7ClN2O2.C7H5ClN2.C5H12N2.C2H3ClO2.C2H6N2O.Cl3OP/c1-10-17-14-12-4-3-11(16)9-13(12)18-15(22(14)19-10)21-7-5-20(2)6-8-21;1-5-13-9-7-3-2-6(11)4-8(7)14-10(12)16(9)15-5;1-5-12-9-7-3-2-6(11)4-8(7)13-10(16)15(9)14-5;1-14-9(13)12-8-4-7(10)3-2-6(8)5-11;8-6-2-1-5(4-9)7(10)3-6;1-7-4-2-6-3-5-7;1-5-2(3)4;1-2(5)4-3;1-5(2,3)4/h3-4,9H,5-8H2,1-2H3;2-4H,1H3;2-4H,1H3,(H,13,16);2-4H,1H3,(H,12,13);1-3H,10H2;6H,2-5H2,1H3;1H3;3H2,1H3,(H,4,5);. The quantitative estimate of drug-likeness (QED) is 0.0178. The second-order valence-corrected chi connectivity index (χ2v) is 30.0. The number of aromatic nitrogens is 12. The molecular weight excluding hydrogens is 1530 g/mol. The summed E-state index contributed by atoms with van der Waals surface area (Å²) in [5, 5.41) is 38.1. The van der Waals surface area contributed by atoms with Crippen molar-refractivity contribution >= 4 is 205 Å². The van der Waals surface area contributed by atoms with Crippen molar-refractivity contribution in [2.45, 2.75) is 27.7 Å². The van der Waals surface area contributed by atoms with Gasteiger partial charge in [-0.2, -0.15) is 24.1 Å². The van der Waals surface area contributed by atoms with E-state index in [1.54, 1.807) is 55.5 Å². The van der Waals surface area contributed by atoms with Crippen molar-refractivity contribution in [3.63, 3.8) is 0 Å². The van der Waals surface area contributed by atoms with E-state index in [0.717, 1.165) is 83.9 Å². The lowest BCUT2D eigenvalue weighted by molar-refractivity contribution is -0.119. The summed E-state index contributed by atoms with van der Waals surface area (Å²) in [6, 6.07) is 29.6. The topological polar surface area (TPSA) is 381 Å². The van der Waals surface area contributed by atoms with E-state index < -0.39 is 16.7 Å². The lowest BCUT2D eigenvalue weighted by atomic mass is 10.2. The average molecular weight is 1590 g/mol. The molecule has 0 radical (unpaired) electrons.